The highest BCUT2D eigenvalue weighted by Crippen LogP contribution is 2.28. The number of rotatable bonds is 5. The summed E-state index contributed by atoms with van der Waals surface area (Å²) in [6.07, 6.45) is 4.83. The minimum Gasteiger partial charge on any atom is -0.491 e. The second-order valence-electron chi connectivity index (χ2n) is 4.01. The maximum Gasteiger partial charge on any atom is 0.125 e. The Morgan fingerprint density at radius 1 is 1.50 bits per heavy atom. The summed E-state index contributed by atoms with van der Waals surface area (Å²) in [4.78, 5) is 3.97. The molecule has 0 saturated heterocycles. The quantitative estimate of drug-likeness (QED) is 0.923. The molecule has 0 aliphatic rings. The number of halogens is 1. The Morgan fingerprint density at radius 2 is 2.33 bits per heavy atom. The second kappa shape index (κ2) is 6.02. The third-order valence-corrected chi connectivity index (χ3v) is 3.08. The van der Waals surface area contributed by atoms with Gasteiger partial charge < -0.3 is 14.4 Å². The first-order valence-electron chi connectivity index (χ1n) is 5.73. The standard InChI is InChI=1S/C13H15BrN2O2/c1-10(17)12-8-11(14)2-3-13(12)18-7-6-16-5-4-15-9-16/h2-5,8-10,17H,6-7H2,1H3/t10-/m1/s1. The van der Waals surface area contributed by atoms with Crippen LogP contribution in [-0.4, -0.2) is 21.3 Å². The van der Waals surface area contributed by atoms with Crippen molar-refractivity contribution in [1.82, 2.24) is 9.55 Å². The largest absolute Gasteiger partial charge is 0.491 e. The van der Waals surface area contributed by atoms with E-state index in [-0.39, 0.29) is 0 Å². The van der Waals surface area contributed by atoms with E-state index in [9.17, 15) is 5.11 Å². The topological polar surface area (TPSA) is 47.3 Å². The molecular weight excluding hydrogens is 296 g/mol. The summed E-state index contributed by atoms with van der Waals surface area (Å²) in [7, 11) is 0. The fourth-order valence-electron chi connectivity index (χ4n) is 1.66. The number of aromatic nitrogens is 2. The highest BCUT2D eigenvalue weighted by Gasteiger charge is 2.09. The fourth-order valence-corrected chi connectivity index (χ4v) is 2.04. The predicted octanol–water partition coefficient (Wildman–Crippen LogP) is 2.78. The van der Waals surface area contributed by atoms with Crippen molar-refractivity contribution in [2.24, 2.45) is 0 Å². The first kappa shape index (κ1) is 13.1. The molecule has 1 N–H and O–H groups in total. The molecule has 0 amide bonds. The maximum atomic E-state index is 9.70. The van der Waals surface area contributed by atoms with Gasteiger partial charge in [-0.3, -0.25) is 0 Å². The van der Waals surface area contributed by atoms with Gasteiger partial charge >= 0.3 is 0 Å². The van der Waals surface area contributed by atoms with Crippen molar-refractivity contribution in [3.05, 3.63) is 47.0 Å². The average molecular weight is 311 g/mol. The van der Waals surface area contributed by atoms with Gasteiger partial charge in [0.1, 0.15) is 12.4 Å². The molecule has 1 heterocycles. The molecule has 0 fully saturated rings. The van der Waals surface area contributed by atoms with Gasteiger partial charge in [0.25, 0.3) is 0 Å². The number of aliphatic hydroxyl groups is 1. The fraction of sp³-hybridized carbons (Fsp3) is 0.308. The SMILES string of the molecule is C[C@@H](O)c1cc(Br)ccc1OCCn1ccnc1. The lowest BCUT2D eigenvalue weighted by molar-refractivity contribution is 0.190. The molecule has 0 aliphatic heterocycles. The van der Waals surface area contributed by atoms with Crippen LogP contribution in [0.15, 0.2) is 41.4 Å². The van der Waals surface area contributed by atoms with Gasteiger partial charge in [-0.1, -0.05) is 15.9 Å². The summed E-state index contributed by atoms with van der Waals surface area (Å²) in [5.74, 6) is 0.716. The molecular formula is C13H15BrN2O2. The van der Waals surface area contributed by atoms with Gasteiger partial charge in [0.05, 0.1) is 19.0 Å². The lowest BCUT2D eigenvalue weighted by atomic mass is 10.1. The second-order valence-corrected chi connectivity index (χ2v) is 4.92. The number of ether oxygens (including phenoxy) is 1. The van der Waals surface area contributed by atoms with Crippen LogP contribution in [0.25, 0.3) is 0 Å². The van der Waals surface area contributed by atoms with Crippen LogP contribution in [0, 0.1) is 0 Å². The molecule has 96 valence electrons. The number of imidazole rings is 1. The molecule has 2 aromatic rings. The van der Waals surface area contributed by atoms with E-state index in [0.29, 0.717) is 12.4 Å². The van der Waals surface area contributed by atoms with Gasteiger partial charge in [0.15, 0.2) is 0 Å². The van der Waals surface area contributed by atoms with E-state index < -0.39 is 6.10 Å². The van der Waals surface area contributed by atoms with Gasteiger partial charge in [-0.15, -0.1) is 0 Å². The lowest BCUT2D eigenvalue weighted by Crippen LogP contribution is -2.08. The summed E-state index contributed by atoms with van der Waals surface area (Å²) in [6, 6.07) is 5.63. The molecule has 0 bridgehead atoms. The third kappa shape index (κ3) is 3.34. The number of hydrogen-bond acceptors (Lipinski definition) is 3. The van der Waals surface area contributed by atoms with Crippen molar-refractivity contribution in [3.8, 4) is 5.75 Å². The maximum absolute atomic E-state index is 9.70. The average Bonchev–Trinajstić information content (AvgIpc) is 2.84. The van der Waals surface area contributed by atoms with Gasteiger partial charge in [-0.2, -0.15) is 0 Å². The van der Waals surface area contributed by atoms with E-state index in [1.807, 2.05) is 29.0 Å². The van der Waals surface area contributed by atoms with Crippen LogP contribution >= 0.6 is 15.9 Å². The van der Waals surface area contributed by atoms with E-state index in [2.05, 4.69) is 20.9 Å². The van der Waals surface area contributed by atoms with Gasteiger partial charge in [-0.05, 0) is 25.1 Å². The molecule has 0 unspecified atom stereocenters. The van der Waals surface area contributed by atoms with Crippen molar-refractivity contribution >= 4 is 15.9 Å². The molecule has 0 spiro atoms. The van der Waals surface area contributed by atoms with Crippen LogP contribution in [0.1, 0.15) is 18.6 Å². The van der Waals surface area contributed by atoms with Crippen molar-refractivity contribution in [2.75, 3.05) is 6.61 Å². The van der Waals surface area contributed by atoms with E-state index in [1.54, 1.807) is 19.4 Å². The Morgan fingerprint density at radius 3 is 3.00 bits per heavy atom. The first-order valence-corrected chi connectivity index (χ1v) is 6.52. The van der Waals surface area contributed by atoms with Crippen molar-refractivity contribution < 1.29 is 9.84 Å². The van der Waals surface area contributed by atoms with Crippen molar-refractivity contribution in [3.63, 3.8) is 0 Å². The molecule has 2 rings (SSSR count). The molecule has 0 radical (unpaired) electrons. The minimum atomic E-state index is -0.550. The summed E-state index contributed by atoms with van der Waals surface area (Å²) < 4.78 is 8.57. The van der Waals surface area contributed by atoms with Crippen molar-refractivity contribution in [1.29, 1.82) is 0 Å². The molecule has 5 heteroatoms. The molecule has 4 nitrogen and oxygen atoms in total. The van der Waals surface area contributed by atoms with E-state index in [1.165, 1.54) is 0 Å². The van der Waals surface area contributed by atoms with Crippen LogP contribution < -0.4 is 4.74 Å². The number of aliphatic hydroxyl groups excluding tert-OH is 1. The number of nitrogens with zero attached hydrogens (tertiary/aromatic N) is 2. The van der Waals surface area contributed by atoms with Gasteiger partial charge in [-0.25, -0.2) is 4.98 Å². The van der Waals surface area contributed by atoms with Crippen molar-refractivity contribution in [2.45, 2.75) is 19.6 Å². The zero-order valence-corrected chi connectivity index (χ0v) is 11.7. The van der Waals surface area contributed by atoms with Crippen LogP contribution in [-0.2, 0) is 6.54 Å². The predicted molar refractivity (Wildman–Crippen MR) is 72.5 cm³/mol. The molecule has 1 aromatic heterocycles. The van der Waals surface area contributed by atoms with E-state index >= 15 is 0 Å². The van der Waals surface area contributed by atoms with Gasteiger partial charge in [0, 0.05) is 22.4 Å². The monoisotopic (exact) mass is 310 g/mol. The van der Waals surface area contributed by atoms with E-state index in [4.69, 9.17) is 4.74 Å². The molecule has 0 aliphatic carbocycles. The first-order chi connectivity index (χ1) is 8.66. The van der Waals surface area contributed by atoms with Crippen LogP contribution in [0.3, 0.4) is 0 Å². The molecule has 0 saturated carbocycles. The zero-order valence-electron chi connectivity index (χ0n) is 10.1. The Labute approximate surface area is 114 Å². The van der Waals surface area contributed by atoms with Crippen LogP contribution in [0.2, 0.25) is 0 Å². The summed E-state index contributed by atoms with van der Waals surface area (Å²) >= 11 is 3.39. The normalized spacial score (nSPS) is 12.4. The Kier molecular flexibility index (Phi) is 4.38. The number of benzene rings is 1. The summed E-state index contributed by atoms with van der Waals surface area (Å²) in [5.41, 5.74) is 0.787. The third-order valence-electron chi connectivity index (χ3n) is 2.59. The van der Waals surface area contributed by atoms with E-state index in [0.717, 1.165) is 16.6 Å². The summed E-state index contributed by atoms with van der Waals surface area (Å²) in [5, 5.41) is 9.70. The Hall–Kier alpha value is -1.33. The smallest absolute Gasteiger partial charge is 0.125 e. The highest BCUT2D eigenvalue weighted by molar-refractivity contribution is 9.10. The minimum absolute atomic E-state index is 0.539. The lowest BCUT2D eigenvalue weighted by Gasteiger charge is -2.14. The van der Waals surface area contributed by atoms with Crippen LogP contribution in [0.4, 0.5) is 0 Å². The summed E-state index contributed by atoms with van der Waals surface area (Å²) in [6.45, 7) is 3.00. The number of hydrogen-bond donors (Lipinski definition) is 1. The van der Waals surface area contributed by atoms with Crippen LogP contribution in [0.5, 0.6) is 5.75 Å². The molecule has 18 heavy (non-hydrogen) atoms. The Bertz CT molecular complexity index is 498. The molecule has 1 atom stereocenters. The Balaban J connectivity index is 2.00. The van der Waals surface area contributed by atoms with Gasteiger partial charge in [0.2, 0.25) is 0 Å². The molecule has 1 aromatic carbocycles. The zero-order chi connectivity index (χ0) is 13.0. The highest BCUT2D eigenvalue weighted by atomic mass is 79.9.